The van der Waals surface area contributed by atoms with Gasteiger partial charge in [-0.2, -0.15) is 0 Å². The molecule has 8 heteroatoms. The summed E-state index contributed by atoms with van der Waals surface area (Å²) in [6.45, 7) is 4.67. The molecule has 0 aromatic heterocycles. The summed E-state index contributed by atoms with van der Waals surface area (Å²) in [5.74, 6) is -0.907. The molecule has 0 spiro atoms. The van der Waals surface area contributed by atoms with E-state index in [2.05, 4.69) is 26.6 Å². The number of benzene rings is 1. The number of carbonyl (C=O) groups is 3. The van der Waals surface area contributed by atoms with E-state index in [4.69, 9.17) is 9.47 Å². The summed E-state index contributed by atoms with van der Waals surface area (Å²) < 4.78 is 11.1. The Morgan fingerprint density at radius 2 is 1.79 bits per heavy atom. The van der Waals surface area contributed by atoms with Crippen molar-refractivity contribution in [3.05, 3.63) is 28.7 Å². The first-order valence-corrected chi connectivity index (χ1v) is 8.30. The second kappa shape index (κ2) is 9.92. The van der Waals surface area contributed by atoms with Crippen molar-refractivity contribution in [2.75, 3.05) is 6.61 Å². The molecule has 3 amide bonds. The summed E-state index contributed by atoms with van der Waals surface area (Å²) in [5, 5.41) is 4.65. The number of imide groups is 1. The lowest BCUT2D eigenvalue weighted by Gasteiger charge is -2.14. The Hall–Kier alpha value is -2.09. The molecule has 7 nitrogen and oxygen atoms in total. The SMILES string of the molecule is CC[C@H](C)NC(=O)NC(=O)COC(=O)[C@@H](C)Oc1ccc(Br)cc1. The first-order valence-electron chi connectivity index (χ1n) is 7.51. The third kappa shape index (κ3) is 7.45. The van der Waals surface area contributed by atoms with Crippen LogP contribution in [0, 0.1) is 0 Å². The zero-order chi connectivity index (χ0) is 18.1. The highest BCUT2D eigenvalue weighted by atomic mass is 79.9. The molecule has 0 radical (unpaired) electrons. The van der Waals surface area contributed by atoms with E-state index in [9.17, 15) is 14.4 Å². The summed E-state index contributed by atoms with van der Waals surface area (Å²) >= 11 is 3.30. The zero-order valence-electron chi connectivity index (χ0n) is 13.8. The Kier molecular flexibility index (Phi) is 8.25. The fourth-order valence-electron chi connectivity index (χ4n) is 1.54. The number of amides is 3. The van der Waals surface area contributed by atoms with Crippen molar-refractivity contribution in [1.29, 1.82) is 0 Å². The monoisotopic (exact) mass is 400 g/mol. The van der Waals surface area contributed by atoms with Gasteiger partial charge in [-0.15, -0.1) is 0 Å². The van der Waals surface area contributed by atoms with Gasteiger partial charge >= 0.3 is 12.0 Å². The fourth-order valence-corrected chi connectivity index (χ4v) is 1.81. The number of halogens is 1. The molecule has 132 valence electrons. The lowest BCUT2D eigenvalue weighted by molar-refractivity contribution is -0.154. The Bertz CT molecular complexity index is 576. The average molecular weight is 401 g/mol. The molecule has 0 aliphatic carbocycles. The van der Waals surface area contributed by atoms with Crippen LogP contribution < -0.4 is 15.4 Å². The van der Waals surface area contributed by atoms with E-state index < -0.39 is 30.6 Å². The maximum absolute atomic E-state index is 11.8. The van der Waals surface area contributed by atoms with E-state index in [0.717, 1.165) is 10.9 Å². The van der Waals surface area contributed by atoms with Crippen LogP contribution in [0.2, 0.25) is 0 Å². The predicted octanol–water partition coefficient (Wildman–Crippen LogP) is 2.38. The lowest BCUT2D eigenvalue weighted by Crippen LogP contribution is -2.45. The molecule has 24 heavy (non-hydrogen) atoms. The molecule has 1 rings (SSSR count). The third-order valence-corrected chi connectivity index (χ3v) is 3.58. The molecular weight excluding hydrogens is 380 g/mol. The van der Waals surface area contributed by atoms with Crippen molar-refractivity contribution < 1.29 is 23.9 Å². The Labute approximate surface area is 149 Å². The number of urea groups is 1. The van der Waals surface area contributed by atoms with Crippen LogP contribution in [0.4, 0.5) is 4.79 Å². The van der Waals surface area contributed by atoms with E-state index in [1.807, 2.05) is 13.8 Å². The first-order chi connectivity index (χ1) is 11.3. The van der Waals surface area contributed by atoms with Gasteiger partial charge in [0.1, 0.15) is 5.75 Å². The van der Waals surface area contributed by atoms with Crippen LogP contribution in [0.1, 0.15) is 27.2 Å². The van der Waals surface area contributed by atoms with Crippen molar-refractivity contribution in [1.82, 2.24) is 10.6 Å². The van der Waals surface area contributed by atoms with Crippen LogP contribution in [-0.2, 0) is 14.3 Å². The predicted molar refractivity (Wildman–Crippen MR) is 91.6 cm³/mol. The largest absolute Gasteiger partial charge is 0.479 e. The van der Waals surface area contributed by atoms with E-state index >= 15 is 0 Å². The van der Waals surface area contributed by atoms with Gasteiger partial charge in [0.25, 0.3) is 5.91 Å². The number of carbonyl (C=O) groups excluding carboxylic acids is 3. The van der Waals surface area contributed by atoms with Gasteiger partial charge in [0.05, 0.1) is 0 Å². The maximum atomic E-state index is 11.8. The fraction of sp³-hybridized carbons (Fsp3) is 0.438. The van der Waals surface area contributed by atoms with Crippen LogP contribution >= 0.6 is 15.9 Å². The van der Waals surface area contributed by atoms with Crippen molar-refractivity contribution in [2.45, 2.75) is 39.3 Å². The molecule has 1 aromatic carbocycles. The number of nitrogens with one attached hydrogen (secondary N) is 2. The lowest BCUT2D eigenvalue weighted by atomic mass is 10.3. The van der Waals surface area contributed by atoms with Gasteiger partial charge in [-0.1, -0.05) is 22.9 Å². The average Bonchev–Trinajstić information content (AvgIpc) is 2.54. The number of hydrogen-bond donors (Lipinski definition) is 2. The van der Waals surface area contributed by atoms with Gasteiger partial charge < -0.3 is 14.8 Å². The topological polar surface area (TPSA) is 93.7 Å². The smallest absolute Gasteiger partial charge is 0.347 e. The molecule has 0 aliphatic rings. The molecule has 1 aromatic rings. The van der Waals surface area contributed by atoms with Crippen molar-refractivity contribution in [3.8, 4) is 5.75 Å². The highest BCUT2D eigenvalue weighted by Gasteiger charge is 2.18. The van der Waals surface area contributed by atoms with E-state index in [1.165, 1.54) is 6.92 Å². The molecule has 0 saturated heterocycles. The second-order valence-corrected chi connectivity index (χ2v) is 6.07. The Morgan fingerprint density at radius 3 is 2.38 bits per heavy atom. The normalized spacial score (nSPS) is 12.7. The number of esters is 1. The number of hydrogen-bond acceptors (Lipinski definition) is 5. The van der Waals surface area contributed by atoms with Gasteiger partial charge in [-0.25, -0.2) is 9.59 Å². The van der Waals surface area contributed by atoms with Gasteiger partial charge in [0.2, 0.25) is 0 Å². The van der Waals surface area contributed by atoms with E-state index in [-0.39, 0.29) is 6.04 Å². The minimum atomic E-state index is -0.882. The van der Waals surface area contributed by atoms with E-state index in [0.29, 0.717) is 5.75 Å². The van der Waals surface area contributed by atoms with Crippen LogP contribution in [0.15, 0.2) is 28.7 Å². The summed E-state index contributed by atoms with van der Waals surface area (Å²) in [7, 11) is 0. The van der Waals surface area contributed by atoms with Crippen LogP contribution in [0.5, 0.6) is 5.75 Å². The molecule has 0 heterocycles. The molecule has 2 atom stereocenters. The quantitative estimate of drug-likeness (QED) is 0.685. The summed E-state index contributed by atoms with van der Waals surface area (Å²) in [6.07, 6.45) is -0.144. The van der Waals surface area contributed by atoms with Crippen molar-refractivity contribution >= 4 is 33.8 Å². The molecule has 2 N–H and O–H groups in total. The van der Waals surface area contributed by atoms with Crippen LogP contribution in [0.25, 0.3) is 0 Å². The molecule has 0 fully saturated rings. The van der Waals surface area contributed by atoms with Gasteiger partial charge in [0, 0.05) is 10.5 Å². The highest BCUT2D eigenvalue weighted by molar-refractivity contribution is 9.10. The van der Waals surface area contributed by atoms with Crippen LogP contribution in [0.3, 0.4) is 0 Å². The highest BCUT2D eigenvalue weighted by Crippen LogP contribution is 2.17. The summed E-state index contributed by atoms with van der Waals surface area (Å²) in [4.78, 5) is 34.8. The summed E-state index contributed by atoms with van der Waals surface area (Å²) in [6, 6.07) is 6.26. The first kappa shape index (κ1) is 20.0. The zero-order valence-corrected chi connectivity index (χ0v) is 15.4. The molecule has 0 aliphatic heterocycles. The molecule has 0 unspecified atom stereocenters. The summed E-state index contributed by atoms with van der Waals surface area (Å²) in [5.41, 5.74) is 0. The third-order valence-electron chi connectivity index (χ3n) is 3.05. The molecular formula is C16H21BrN2O5. The maximum Gasteiger partial charge on any atom is 0.347 e. The Balaban J connectivity index is 2.35. The minimum absolute atomic E-state index is 0.0559. The van der Waals surface area contributed by atoms with Crippen LogP contribution in [-0.4, -0.2) is 36.7 Å². The minimum Gasteiger partial charge on any atom is -0.479 e. The van der Waals surface area contributed by atoms with Crippen molar-refractivity contribution in [3.63, 3.8) is 0 Å². The molecule has 0 saturated carbocycles. The van der Waals surface area contributed by atoms with Crippen molar-refractivity contribution in [2.24, 2.45) is 0 Å². The Morgan fingerprint density at radius 1 is 1.17 bits per heavy atom. The van der Waals surface area contributed by atoms with Gasteiger partial charge in [-0.05, 0) is 44.5 Å². The standard InChI is InChI=1S/C16H21BrN2O5/c1-4-10(2)18-16(22)19-14(20)9-23-15(21)11(3)24-13-7-5-12(17)6-8-13/h5-8,10-11H,4,9H2,1-3H3,(H2,18,19,20,22)/t10-,11+/m0/s1. The number of ether oxygens (including phenoxy) is 2. The van der Waals surface area contributed by atoms with Gasteiger partial charge in [0.15, 0.2) is 12.7 Å². The number of rotatable bonds is 7. The van der Waals surface area contributed by atoms with E-state index in [1.54, 1.807) is 24.3 Å². The second-order valence-electron chi connectivity index (χ2n) is 5.15. The van der Waals surface area contributed by atoms with Gasteiger partial charge in [-0.3, -0.25) is 10.1 Å². The molecule has 0 bridgehead atoms.